The van der Waals surface area contributed by atoms with E-state index in [1.54, 1.807) is 0 Å². The minimum atomic E-state index is -0.672. The molecule has 1 N–H and O–H groups in total. The molecule has 3 rings (SSSR count). The Bertz CT molecular complexity index is 514. The maximum atomic E-state index is 12.3. The largest absolute Gasteiger partial charge is 0.493 e. The van der Waals surface area contributed by atoms with E-state index in [1.807, 2.05) is 35.2 Å². The Labute approximate surface area is 132 Å². The number of rotatable bonds is 5. The van der Waals surface area contributed by atoms with Gasteiger partial charge in [0.15, 0.2) is 0 Å². The first-order valence-corrected chi connectivity index (χ1v) is 8.27. The number of β-amino-alcohol motifs (C(OH)–C–C–N with tert-alkyl or cyclic N) is 1. The molecule has 1 aliphatic heterocycles. The molecule has 0 radical (unpaired) electrons. The van der Waals surface area contributed by atoms with Crippen LogP contribution < -0.4 is 4.74 Å². The smallest absolute Gasteiger partial charge is 0.226 e. The minimum Gasteiger partial charge on any atom is -0.493 e. The van der Waals surface area contributed by atoms with E-state index in [4.69, 9.17) is 4.74 Å². The van der Waals surface area contributed by atoms with Gasteiger partial charge in [-0.25, -0.2) is 0 Å². The van der Waals surface area contributed by atoms with Crippen molar-refractivity contribution in [3.05, 3.63) is 30.3 Å². The van der Waals surface area contributed by atoms with Crippen molar-refractivity contribution in [2.45, 2.75) is 38.2 Å². The Hall–Kier alpha value is -1.55. The standard InChI is InChI=1S/C18H25NO3/c1-14-12-19(13-18(14,21)15-6-5-7-15)17(20)10-11-22-16-8-3-2-4-9-16/h2-4,8-9,14-15,21H,5-7,10-13H2,1H3. The summed E-state index contributed by atoms with van der Waals surface area (Å²) < 4.78 is 5.58. The van der Waals surface area contributed by atoms with Crippen molar-refractivity contribution in [3.63, 3.8) is 0 Å². The molecule has 4 heteroatoms. The van der Waals surface area contributed by atoms with Crippen LogP contribution >= 0.6 is 0 Å². The van der Waals surface area contributed by atoms with Gasteiger partial charge in [0, 0.05) is 19.0 Å². The monoisotopic (exact) mass is 303 g/mol. The lowest BCUT2D eigenvalue weighted by atomic mass is 9.69. The second-order valence-corrected chi connectivity index (χ2v) is 6.71. The summed E-state index contributed by atoms with van der Waals surface area (Å²) in [6.45, 7) is 3.60. The van der Waals surface area contributed by atoms with Gasteiger partial charge in [-0.05, 0) is 30.9 Å². The summed E-state index contributed by atoms with van der Waals surface area (Å²) in [6, 6.07) is 9.54. The number of para-hydroxylation sites is 1. The van der Waals surface area contributed by atoms with Crippen LogP contribution in [0, 0.1) is 11.8 Å². The summed E-state index contributed by atoms with van der Waals surface area (Å²) in [6.07, 6.45) is 3.76. The second kappa shape index (κ2) is 6.29. The first-order chi connectivity index (χ1) is 10.6. The molecule has 2 fully saturated rings. The topological polar surface area (TPSA) is 49.8 Å². The van der Waals surface area contributed by atoms with Crippen LogP contribution in [-0.4, -0.2) is 41.2 Å². The molecule has 22 heavy (non-hydrogen) atoms. The van der Waals surface area contributed by atoms with Crippen LogP contribution in [-0.2, 0) is 4.79 Å². The van der Waals surface area contributed by atoms with Crippen LogP contribution in [0.4, 0.5) is 0 Å². The Morgan fingerprint density at radius 1 is 1.36 bits per heavy atom. The van der Waals surface area contributed by atoms with E-state index < -0.39 is 5.60 Å². The Morgan fingerprint density at radius 3 is 2.73 bits per heavy atom. The molecule has 0 bridgehead atoms. The first-order valence-electron chi connectivity index (χ1n) is 8.27. The van der Waals surface area contributed by atoms with Crippen molar-refractivity contribution >= 4 is 5.91 Å². The Kier molecular flexibility index (Phi) is 4.39. The molecule has 1 aromatic rings. The molecule has 1 aromatic carbocycles. The fraction of sp³-hybridized carbons (Fsp3) is 0.611. The summed E-state index contributed by atoms with van der Waals surface area (Å²) in [5.74, 6) is 1.41. The van der Waals surface area contributed by atoms with Gasteiger partial charge in [0.25, 0.3) is 0 Å². The second-order valence-electron chi connectivity index (χ2n) is 6.71. The zero-order valence-corrected chi connectivity index (χ0v) is 13.2. The van der Waals surface area contributed by atoms with Crippen molar-refractivity contribution in [2.24, 2.45) is 11.8 Å². The third kappa shape index (κ3) is 2.98. The molecule has 2 atom stereocenters. The molecule has 0 aromatic heterocycles. The van der Waals surface area contributed by atoms with E-state index in [0.717, 1.165) is 18.6 Å². The van der Waals surface area contributed by atoms with Crippen LogP contribution in [0.25, 0.3) is 0 Å². The molecular formula is C18H25NO3. The number of likely N-dealkylation sites (tertiary alicyclic amines) is 1. The van der Waals surface area contributed by atoms with Gasteiger partial charge in [-0.2, -0.15) is 0 Å². The number of carbonyl (C=O) groups excluding carboxylic acids is 1. The number of nitrogens with zero attached hydrogens (tertiary/aromatic N) is 1. The van der Waals surface area contributed by atoms with Crippen molar-refractivity contribution in [1.82, 2.24) is 4.90 Å². The average Bonchev–Trinajstić information content (AvgIpc) is 2.74. The van der Waals surface area contributed by atoms with Gasteiger partial charge in [0.05, 0.1) is 18.6 Å². The van der Waals surface area contributed by atoms with E-state index in [0.29, 0.717) is 32.0 Å². The lowest BCUT2D eigenvalue weighted by Gasteiger charge is -2.41. The van der Waals surface area contributed by atoms with E-state index in [-0.39, 0.29) is 11.8 Å². The van der Waals surface area contributed by atoms with Crippen LogP contribution in [0.3, 0.4) is 0 Å². The van der Waals surface area contributed by atoms with Gasteiger partial charge in [0.2, 0.25) is 5.91 Å². The highest BCUT2D eigenvalue weighted by Gasteiger charge is 2.50. The summed E-state index contributed by atoms with van der Waals surface area (Å²) in [5, 5.41) is 10.9. The maximum absolute atomic E-state index is 12.3. The summed E-state index contributed by atoms with van der Waals surface area (Å²) >= 11 is 0. The molecular weight excluding hydrogens is 278 g/mol. The van der Waals surface area contributed by atoms with Crippen LogP contribution in [0.1, 0.15) is 32.6 Å². The average molecular weight is 303 g/mol. The molecule has 0 spiro atoms. The molecule has 1 saturated carbocycles. The van der Waals surface area contributed by atoms with Gasteiger partial charge < -0.3 is 14.7 Å². The summed E-state index contributed by atoms with van der Waals surface area (Å²) in [7, 11) is 0. The molecule has 1 amide bonds. The van der Waals surface area contributed by atoms with Crippen molar-refractivity contribution in [3.8, 4) is 5.75 Å². The summed E-state index contributed by atoms with van der Waals surface area (Å²) in [5.41, 5.74) is -0.672. The van der Waals surface area contributed by atoms with Gasteiger partial charge >= 0.3 is 0 Å². The van der Waals surface area contributed by atoms with Crippen molar-refractivity contribution in [2.75, 3.05) is 19.7 Å². The van der Waals surface area contributed by atoms with Crippen LogP contribution in [0.2, 0.25) is 0 Å². The maximum Gasteiger partial charge on any atom is 0.226 e. The Balaban J connectivity index is 1.49. The molecule has 1 saturated heterocycles. The SMILES string of the molecule is CC1CN(C(=O)CCOc2ccccc2)CC1(O)C1CCC1. The third-order valence-electron chi connectivity index (χ3n) is 5.28. The first kappa shape index (κ1) is 15.3. The van der Waals surface area contributed by atoms with E-state index in [9.17, 15) is 9.90 Å². The lowest BCUT2D eigenvalue weighted by Crippen LogP contribution is -2.48. The zero-order chi connectivity index (χ0) is 15.6. The number of hydrogen-bond acceptors (Lipinski definition) is 3. The Morgan fingerprint density at radius 2 is 2.09 bits per heavy atom. The highest BCUT2D eigenvalue weighted by atomic mass is 16.5. The molecule has 4 nitrogen and oxygen atoms in total. The molecule has 2 unspecified atom stereocenters. The van der Waals surface area contributed by atoms with E-state index in [1.165, 1.54) is 6.42 Å². The molecule has 1 heterocycles. The highest BCUT2D eigenvalue weighted by molar-refractivity contribution is 5.76. The fourth-order valence-electron chi connectivity index (χ4n) is 3.58. The van der Waals surface area contributed by atoms with Gasteiger partial charge in [-0.15, -0.1) is 0 Å². The fourth-order valence-corrected chi connectivity index (χ4v) is 3.58. The number of aliphatic hydroxyl groups is 1. The van der Waals surface area contributed by atoms with Crippen molar-refractivity contribution < 1.29 is 14.6 Å². The molecule has 1 aliphatic carbocycles. The number of hydrogen-bond donors (Lipinski definition) is 1. The highest BCUT2D eigenvalue weighted by Crippen LogP contribution is 2.44. The third-order valence-corrected chi connectivity index (χ3v) is 5.28. The molecule has 120 valence electrons. The normalized spacial score (nSPS) is 28.5. The summed E-state index contributed by atoms with van der Waals surface area (Å²) in [4.78, 5) is 14.1. The predicted octanol–water partition coefficient (Wildman–Crippen LogP) is 2.47. The zero-order valence-electron chi connectivity index (χ0n) is 13.2. The van der Waals surface area contributed by atoms with Crippen molar-refractivity contribution in [1.29, 1.82) is 0 Å². The molecule has 2 aliphatic rings. The quantitative estimate of drug-likeness (QED) is 0.909. The number of ether oxygens (including phenoxy) is 1. The number of carbonyl (C=O) groups is 1. The van der Waals surface area contributed by atoms with Gasteiger partial charge in [-0.3, -0.25) is 4.79 Å². The van der Waals surface area contributed by atoms with Gasteiger partial charge in [-0.1, -0.05) is 31.5 Å². The number of amides is 1. The van der Waals surface area contributed by atoms with E-state index in [2.05, 4.69) is 6.92 Å². The predicted molar refractivity (Wildman–Crippen MR) is 84.6 cm³/mol. The van der Waals surface area contributed by atoms with Crippen LogP contribution in [0.15, 0.2) is 30.3 Å². The number of benzene rings is 1. The van der Waals surface area contributed by atoms with Crippen LogP contribution in [0.5, 0.6) is 5.75 Å². The van der Waals surface area contributed by atoms with E-state index >= 15 is 0 Å². The van der Waals surface area contributed by atoms with Gasteiger partial charge in [0.1, 0.15) is 5.75 Å². The minimum absolute atomic E-state index is 0.0815. The lowest BCUT2D eigenvalue weighted by molar-refractivity contribution is -0.132.